The van der Waals surface area contributed by atoms with Gasteiger partial charge in [-0.25, -0.2) is 15.0 Å². The molecular formula is C24H37N5O2S2. The molecule has 1 N–H and O–H groups in total. The Kier molecular flexibility index (Phi) is 7.94. The molecule has 4 rings (SSSR count). The van der Waals surface area contributed by atoms with Gasteiger partial charge >= 0.3 is 0 Å². The summed E-state index contributed by atoms with van der Waals surface area (Å²) >= 11 is 1.56. The number of hydrogen-bond donors (Lipinski definition) is 1. The Bertz CT molecular complexity index is 920. The molecule has 3 unspecified atom stereocenters. The Morgan fingerprint density at radius 2 is 2.21 bits per heavy atom. The quantitative estimate of drug-likeness (QED) is 0.507. The number of amides is 1. The molecule has 0 aliphatic carbocycles. The van der Waals surface area contributed by atoms with Gasteiger partial charge in [0.1, 0.15) is 6.73 Å². The van der Waals surface area contributed by atoms with Crippen molar-refractivity contribution in [3.05, 3.63) is 35.0 Å². The fourth-order valence-corrected chi connectivity index (χ4v) is 6.00. The number of nitrogens with one attached hydrogen (secondary N) is 1. The number of aliphatic imine (C=N–C) groups is 1. The first-order valence-corrected chi connectivity index (χ1v) is 15.5. The molecule has 0 aromatic carbocycles. The maximum Gasteiger partial charge on any atom is 0.223 e. The van der Waals surface area contributed by atoms with Gasteiger partial charge in [0.2, 0.25) is 5.91 Å². The molecule has 3 aliphatic rings. The highest BCUT2D eigenvalue weighted by atomic mass is 32.3. The molecule has 1 fully saturated rings. The Morgan fingerprint density at radius 1 is 1.36 bits per heavy atom. The second-order valence-corrected chi connectivity index (χ2v) is 15.8. The Hall–Kier alpha value is -1.68. The summed E-state index contributed by atoms with van der Waals surface area (Å²) in [6.07, 6.45) is 20.0. The summed E-state index contributed by atoms with van der Waals surface area (Å²) in [5.74, 6) is 1.72. The van der Waals surface area contributed by atoms with Gasteiger partial charge in [-0.2, -0.15) is 0 Å². The van der Waals surface area contributed by atoms with E-state index in [0.717, 1.165) is 38.4 Å². The number of likely N-dealkylation sites (tertiary alicyclic amines) is 1. The first kappa shape index (κ1) is 24.4. The first-order chi connectivity index (χ1) is 15.7. The summed E-state index contributed by atoms with van der Waals surface area (Å²) in [4.78, 5) is 26.3. The smallest absolute Gasteiger partial charge is 0.223 e. The van der Waals surface area contributed by atoms with Crippen LogP contribution in [-0.2, 0) is 16.1 Å². The van der Waals surface area contributed by atoms with Crippen LogP contribution in [0.1, 0.15) is 24.6 Å². The monoisotopic (exact) mass is 491 g/mol. The first-order valence-electron chi connectivity index (χ1n) is 11.6. The Labute approximate surface area is 203 Å². The molecular weight excluding hydrogens is 454 g/mol. The maximum absolute atomic E-state index is 11.2. The lowest BCUT2D eigenvalue weighted by Crippen LogP contribution is -2.36. The standard InChI is InChI=1S/C24H37N5O2S2/c1-18(30)27-24-26-14-21(32-24)16-28-7-5-19(15-28)11-20-12-23-22(25-13-20)6-8-29(23)17-31-9-10-33(2,3)4/h6,8,12-14,19,22-23H,5,7,9-11,15-17H2,1-4H3,(H,26,27,30). The molecule has 33 heavy (non-hydrogen) atoms. The van der Waals surface area contributed by atoms with Crippen LogP contribution < -0.4 is 5.32 Å². The number of dihydropyridines is 1. The summed E-state index contributed by atoms with van der Waals surface area (Å²) < 4.78 is 5.99. The van der Waals surface area contributed by atoms with Crippen molar-refractivity contribution in [3.8, 4) is 0 Å². The van der Waals surface area contributed by atoms with E-state index < -0.39 is 10.0 Å². The van der Waals surface area contributed by atoms with Gasteiger partial charge in [0.05, 0.1) is 18.7 Å². The van der Waals surface area contributed by atoms with Gasteiger partial charge in [-0.1, -0.05) is 6.08 Å². The van der Waals surface area contributed by atoms with E-state index >= 15 is 0 Å². The largest absolute Gasteiger partial charge is 0.360 e. The van der Waals surface area contributed by atoms with Gasteiger partial charge in [-0.3, -0.25) is 14.7 Å². The molecule has 7 nitrogen and oxygen atoms in total. The predicted molar refractivity (Wildman–Crippen MR) is 141 cm³/mol. The van der Waals surface area contributed by atoms with E-state index in [-0.39, 0.29) is 18.0 Å². The van der Waals surface area contributed by atoms with E-state index in [0.29, 0.717) is 17.8 Å². The number of aromatic nitrogens is 1. The number of carbonyl (C=O) groups excluding carboxylic acids is 1. The third kappa shape index (κ3) is 7.15. The summed E-state index contributed by atoms with van der Waals surface area (Å²) in [5.41, 5.74) is 1.35. The molecule has 1 amide bonds. The number of carbonyl (C=O) groups is 1. The number of rotatable bonds is 10. The van der Waals surface area contributed by atoms with Crippen molar-refractivity contribution in [3.63, 3.8) is 0 Å². The molecule has 0 saturated carbocycles. The lowest BCUT2D eigenvalue weighted by molar-refractivity contribution is -0.114. The third-order valence-electron chi connectivity index (χ3n) is 6.20. The highest BCUT2D eigenvalue weighted by Crippen LogP contribution is 2.34. The number of ether oxygens (including phenoxy) is 1. The molecule has 182 valence electrons. The van der Waals surface area contributed by atoms with Crippen molar-refractivity contribution in [2.75, 3.05) is 56.3 Å². The fourth-order valence-electron chi connectivity index (χ4n) is 4.48. The fraction of sp³-hybridized carbons (Fsp3) is 0.625. The van der Waals surface area contributed by atoms with Crippen LogP contribution in [0.4, 0.5) is 5.13 Å². The zero-order valence-electron chi connectivity index (χ0n) is 20.2. The molecule has 3 atom stereocenters. The minimum atomic E-state index is -0.514. The second-order valence-electron chi connectivity index (χ2n) is 10.1. The zero-order valence-corrected chi connectivity index (χ0v) is 21.8. The molecule has 1 aromatic heterocycles. The van der Waals surface area contributed by atoms with Crippen LogP contribution in [0.3, 0.4) is 0 Å². The summed E-state index contributed by atoms with van der Waals surface area (Å²) in [6, 6.07) is 0.503. The van der Waals surface area contributed by atoms with Crippen LogP contribution in [0.5, 0.6) is 0 Å². The van der Waals surface area contributed by atoms with Gasteiger partial charge in [-0.05, 0) is 55.7 Å². The van der Waals surface area contributed by atoms with Crippen molar-refractivity contribution in [1.29, 1.82) is 0 Å². The van der Waals surface area contributed by atoms with Crippen LogP contribution in [-0.4, -0.2) is 89.9 Å². The van der Waals surface area contributed by atoms with E-state index in [1.807, 2.05) is 6.20 Å². The van der Waals surface area contributed by atoms with Crippen LogP contribution in [0.15, 0.2) is 35.1 Å². The molecule has 0 spiro atoms. The van der Waals surface area contributed by atoms with Gasteiger partial charge in [0, 0.05) is 49.3 Å². The van der Waals surface area contributed by atoms with Crippen molar-refractivity contribution in [1.82, 2.24) is 14.8 Å². The molecule has 9 heteroatoms. The van der Waals surface area contributed by atoms with E-state index in [1.165, 1.54) is 23.8 Å². The van der Waals surface area contributed by atoms with Crippen molar-refractivity contribution < 1.29 is 9.53 Å². The number of allylic oxidation sites excluding steroid dienone is 1. The number of fused-ring (bicyclic) bond motifs is 1. The Morgan fingerprint density at radius 3 is 3.00 bits per heavy atom. The SMILES string of the molecule is CC(=O)Nc1ncc(CN2CCC(CC3=CC4C(C=CN4COCCS(C)(C)C)N=C3)C2)s1. The van der Waals surface area contributed by atoms with E-state index in [9.17, 15) is 4.79 Å². The van der Waals surface area contributed by atoms with E-state index in [4.69, 9.17) is 9.73 Å². The van der Waals surface area contributed by atoms with Crippen molar-refractivity contribution in [2.24, 2.45) is 10.9 Å². The molecule has 0 radical (unpaired) electrons. The third-order valence-corrected chi connectivity index (χ3v) is 8.48. The van der Waals surface area contributed by atoms with Crippen LogP contribution >= 0.6 is 21.4 Å². The minimum absolute atomic E-state index is 0.0738. The van der Waals surface area contributed by atoms with E-state index in [1.54, 1.807) is 11.3 Å². The van der Waals surface area contributed by atoms with Crippen molar-refractivity contribution >= 4 is 38.6 Å². The van der Waals surface area contributed by atoms with Gasteiger partial charge in [-0.15, -0.1) is 11.3 Å². The van der Waals surface area contributed by atoms with Crippen LogP contribution in [0, 0.1) is 5.92 Å². The Balaban J connectivity index is 1.24. The second kappa shape index (κ2) is 10.7. The molecule has 4 heterocycles. The minimum Gasteiger partial charge on any atom is -0.360 e. The average molecular weight is 492 g/mol. The normalized spacial score (nSPS) is 25.4. The molecule has 0 bridgehead atoms. The number of thiazole rings is 1. The zero-order chi connectivity index (χ0) is 23.4. The van der Waals surface area contributed by atoms with Crippen molar-refractivity contribution in [2.45, 2.75) is 38.4 Å². The van der Waals surface area contributed by atoms with Crippen LogP contribution in [0.25, 0.3) is 0 Å². The van der Waals surface area contributed by atoms with Gasteiger partial charge < -0.3 is 15.0 Å². The van der Waals surface area contributed by atoms with Gasteiger partial charge in [0.15, 0.2) is 5.13 Å². The summed E-state index contributed by atoms with van der Waals surface area (Å²) in [5, 5.41) is 3.45. The lowest BCUT2D eigenvalue weighted by atomic mass is 9.94. The number of hydrogen-bond acceptors (Lipinski definition) is 7. The van der Waals surface area contributed by atoms with Gasteiger partial charge in [0.25, 0.3) is 0 Å². The molecule has 3 aliphatic heterocycles. The topological polar surface area (TPSA) is 70.1 Å². The highest BCUT2D eigenvalue weighted by Gasteiger charge is 2.31. The van der Waals surface area contributed by atoms with E-state index in [2.05, 4.69) is 63.4 Å². The molecule has 1 saturated heterocycles. The maximum atomic E-state index is 11.2. The predicted octanol–water partition coefficient (Wildman–Crippen LogP) is 3.56. The highest BCUT2D eigenvalue weighted by molar-refractivity contribution is 8.32. The van der Waals surface area contributed by atoms with Crippen LogP contribution in [0.2, 0.25) is 0 Å². The lowest BCUT2D eigenvalue weighted by Gasteiger charge is -2.30. The summed E-state index contributed by atoms with van der Waals surface area (Å²) in [6.45, 7) is 6.07. The molecule has 1 aromatic rings. The number of nitrogens with zero attached hydrogens (tertiary/aromatic N) is 4. The average Bonchev–Trinajstić information content (AvgIpc) is 3.45. The number of anilines is 1. The summed E-state index contributed by atoms with van der Waals surface area (Å²) in [7, 11) is -0.514.